The van der Waals surface area contributed by atoms with Crippen molar-refractivity contribution in [3.05, 3.63) is 0 Å². The van der Waals surface area contributed by atoms with E-state index >= 15 is 0 Å². The molecule has 0 radical (unpaired) electrons. The lowest BCUT2D eigenvalue weighted by Crippen LogP contribution is -2.17. The van der Waals surface area contributed by atoms with Crippen molar-refractivity contribution in [1.82, 2.24) is 5.32 Å². The van der Waals surface area contributed by atoms with Gasteiger partial charge in [-0.05, 0) is 19.4 Å². The van der Waals surface area contributed by atoms with Crippen LogP contribution in [0.1, 0.15) is 45.4 Å². The monoisotopic (exact) mass is 185 g/mol. The van der Waals surface area contributed by atoms with Gasteiger partial charge in [-0.1, -0.05) is 32.6 Å². The summed E-state index contributed by atoms with van der Waals surface area (Å²) in [5.41, 5.74) is 0. The molecule has 0 aromatic heterocycles. The second-order valence-electron chi connectivity index (χ2n) is 3.90. The summed E-state index contributed by atoms with van der Waals surface area (Å²) < 4.78 is 5.72. The Balaban J connectivity index is 1.78. The van der Waals surface area contributed by atoms with Gasteiger partial charge in [-0.25, -0.2) is 0 Å². The largest absolute Gasteiger partial charge is 0.377 e. The lowest BCUT2D eigenvalue weighted by molar-refractivity contribution is 0.0641. The molecule has 2 nitrogen and oxygen atoms in total. The van der Waals surface area contributed by atoms with Crippen LogP contribution in [0.2, 0.25) is 0 Å². The second-order valence-corrected chi connectivity index (χ2v) is 3.90. The summed E-state index contributed by atoms with van der Waals surface area (Å²) in [4.78, 5) is 0. The highest BCUT2D eigenvalue weighted by Gasteiger charge is 2.13. The molecule has 1 N–H and O–H groups in total. The van der Waals surface area contributed by atoms with Crippen LogP contribution in [-0.2, 0) is 4.74 Å². The fraction of sp³-hybridized carbons (Fsp3) is 1.00. The maximum Gasteiger partial charge on any atom is 0.0711 e. The van der Waals surface area contributed by atoms with Gasteiger partial charge in [-0.3, -0.25) is 0 Å². The van der Waals surface area contributed by atoms with Crippen LogP contribution >= 0.6 is 0 Å². The van der Waals surface area contributed by atoms with E-state index in [2.05, 4.69) is 12.2 Å². The summed E-state index contributed by atoms with van der Waals surface area (Å²) in [6.07, 6.45) is 8.38. The van der Waals surface area contributed by atoms with Crippen LogP contribution in [0.5, 0.6) is 0 Å². The predicted molar refractivity (Wildman–Crippen MR) is 56.0 cm³/mol. The van der Waals surface area contributed by atoms with Crippen LogP contribution in [-0.4, -0.2) is 25.8 Å². The second kappa shape index (κ2) is 7.34. The number of nitrogens with one attached hydrogen (secondary N) is 1. The van der Waals surface area contributed by atoms with Crippen LogP contribution in [0, 0.1) is 0 Å². The molecule has 0 aromatic carbocycles. The van der Waals surface area contributed by atoms with Crippen LogP contribution < -0.4 is 5.32 Å². The Bertz CT molecular complexity index is 111. The van der Waals surface area contributed by atoms with Gasteiger partial charge < -0.3 is 10.1 Å². The summed E-state index contributed by atoms with van der Waals surface area (Å²) in [6.45, 7) is 5.42. The molecule has 0 aliphatic carbocycles. The molecule has 13 heavy (non-hydrogen) atoms. The Labute approximate surface area is 82.0 Å². The molecule has 1 fully saturated rings. The van der Waals surface area contributed by atoms with Crippen LogP contribution in [0.3, 0.4) is 0 Å². The zero-order valence-electron chi connectivity index (χ0n) is 8.85. The highest BCUT2D eigenvalue weighted by atomic mass is 16.5. The van der Waals surface area contributed by atoms with Gasteiger partial charge in [0.1, 0.15) is 0 Å². The molecule has 1 unspecified atom stereocenters. The number of ether oxygens (including phenoxy) is 1. The molecule has 2 heteroatoms. The van der Waals surface area contributed by atoms with E-state index in [1.165, 1.54) is 38.5 Å². The predicted octanol–water partition coefficient (Wildman–Crippen LogP) is 2.34. The van der Waals surface area contributed by atoms with E-state index in [9.17, 15) is 0 Å². The van der Waals surface area contributed by atoms with Crippen LogP contribution in [0.25, 0.3) is 0 Å². The Hall–Kier alpha value is -0.0800. The van der Waals surface area contributed by atoms with E-state index in [0.29, 0.717) is 6.10 Å². The first-order valence-electron chi connectivity index (χ1n) is 5.76. The maximum absolute atomic E-state index is 5.72. The third kappa shape index (κ3) is 5.27. The first kappa shape index (κ1) is 11.0. The minimum absolute atomic E-state index is 0.506. The molecular formula is C11H23NO. The standard InChI is InChI=1S/C11H23NO/c1-2-3-4-5-6-9-13-11-7-8-12-10-11/h11-12H,2-10H2,1H3. The third-order valence-corrected chi connectivity index (χ3v) is 2.62. The first-order chi connectivity index (χ1) is 6.43. The van der Waals surface area contributed by atoms with Crippen molar-refractivity contribution in [3.8, 4) is 0 Å². The first-order valence-corrected chi connectivity index (χ1v) is 5.76. The molecule has 0 spiro atoms. The number of unbranched alkanes of at least 4 members (excludes halogenated alkanes) is 4. The van der Waals surface area contributed by atoms with Crippen molar-refractivity contribution in [1.29, 1.82) is 0 Å². The molecule has 0 bridgehead atoms. The summed E-state index contributed by atoms with van der Waals surface area (Å²) in [5.74, 6) is 0. The minimum atomic E-state index is 0.506. The molecule has 0 saturated carbocycles. The lowest BCUT2D eigenvalue weighted by atomic mass is 10.2. The van der Waals surface area contributed by atoms with E-state index in [0.717, 1.165) is 19.7 Å². The number of hydrogen-bond acceptors (Lipinski definition) is 2. The quantitative estimate of drug-likeness (QED) is 0.615. The summed E-state index contributed by atoms with van der Waals surface area (Å²) in [6, 6.07) is 0. The minimum Gasteiger partial charge on any atom is -0.377 e. The van der Waals surface area contributed by atoms with Crippen LogP contribution in [0.15, 0.2) is 0 Å². The zero-order valence-corrected chi connectivity index (χ0v) is 8.85. The van der Waals surface area contributed by atoms with E-state index in [-0.39, 0.29) is 0 Å². The molecule has 0 aromatic rings. The fourth-order valence-electron chi connectivity index (χ4n) is 1.73. The number of rotatable bonds is 7. The van der Waals surface area contributed by atoms with Gasteiger partial charge in [0.2, 0.25) is 0 Å². The topological polar surface area (TPSA) is 21.3 Å². The van der Waals surface area contributed by atoms with Gasteiger partial charge in [0.25, 0.3) is 0 Å². The Morgan fingerprint density at radius 3 is 2.77 bits per heavy atom. The van der Waals surface area contributed by atoms with Crippen LogP contribution in [0.4, 0.5) is 0 Å². The highest BCUT2D eigenvalue weighted by molar-refractivity contribution is 4.70. The Morgan fingerprint density at radius 2 is 2.08 bits per heavy atom. The molecule has 78 valence electrons. The third-order valence-electron chi connectivity index (χ3n) is 2.62. The molecule has 1 heterocycles. The van der Waals surface area contributed by atoms with E-state index < -0.39 is 0 Å². The zero-order chi connectivity index (χ0) is 9.36. The Kier molecular flexibility index (Phi) is 6.21. The average molecular weight is 185 g/mol. The molecule has 0 amide bonds. The molecule has 1 aliphatic heterocycles. The van der Waals surface area contributed by atoms with E-state index in [1.807, 2.05) is 0 Å². The van der Waals surface area contributed by atoms with Crippen molar-refractivity contribution in [2.75, 3.05) is 19.7 Å². The molecule has 1 aliphatic rings. The normalized spacial score (nSPS) is 22.4. The van der Waals surface area contributed by atoms with Gasteiger partial charge in [-0.15, -0.1) is 0 Å². The average Bonchev–Trinajstić information content (AvgIpc) is 2.63. The summed E-state index contributed by atoms with van der Waals surface area (Å²) >= 11 is 0. The molecule has 1 saturated heterocycles. The van der Waals surface area contributed by atoms with Gasteiger partial charge in [-0.2, -0.15) is 0 Å². The van der Waals surface area contributed by atoms with Crippen molar-refractivity contribution >= 4 is 0 Å². The molecule has 1 rings (SSSR count). The van der Waals surface area contributed by atoms with Crippen molar-refractivity contribution < 1.29 is 4.74 Å². The van der Waals surface area contributed by atoms with Gasteiger partial charge >= 0.3 is 0 Å². The van der Waals surface area contributed by atoms with Crippen molar-refractivity contribution in [3.63, 3.8) is 0 Å². The lowest BCUT2D eigenvalue weighted by Gasteiger charge is -2.09. The number of hydrogen-bond donors (Lipinski definition) is 1. The van der Waals surface area contributed by atoms with Crippen molar-refractivity contribution in [2.45, 2.75) is 51.6 Å². The Morgan fingerprint density at radius 1 is 1.23 bits per heavy atom. The van der Waals surface area contributed by atoms with Gasteiger partial charge in [0, 0.05) is 13.2 Å². The van der Waals surface area contributed by atoms with Gasteiger partial charge in [0.15, 0.2) is 0 Å². The van der Waals surface area contributed by atoms with E-state index in [4.69, 9.17) is 4.74 Å². The van der Waals surface area contributed by atoms with Gasteiger partial charge in [0.05, 0.1) is 6.10 Å². The summed E-state index contributed by atoms with van der Waals surface area (Å²) in [7, 11) is 0. The highest BCUT2D eigenvalue weighted by Crippen LogP contribution is 2.06. The summed E-state index contributed by atoms with van der Waals surface area (Å²) in [5, 5.41) is 3.31. The maximum atomic E-state index is 5.72. The fourth-order valence-corrected chi connectivity index (χ4v) is 1.73. The van der Waals surface area contributed by atoms with Crippen molar-refractivity contribution in [2.24, 2.45) is 0 Å². The smallest absolute Gasteiger partial charge is 0.0711 e. The molecule has 1 atom stereocenters. The molecular weight excluding hydrogens is 162 g/mol. The van der Waals surface area contributed by atoms with E-state index in [1.54, 1.807) is 0 Å². The SMILES string of the molecule is CCCCCCCOC1CCNC1.